The highest BCUT2D eigenvalue weighted by Crippen LogP contribution is 2.58. The second-order valence-corrected chi connectivity index (χ2v) is 7.35. The van der Waals surface area contributed by atoms with Crippen LogP contribution < -0.4 is 5.32 Å². The Kier molecular flexibility index (Phi) is 3.11. The minimum Gasteiger partial charge on any atom is -0.303 e. The highest BCUT2D eigenvalue weighted by molar-refractivity contribution is 7.11. The smallest absolute Gasteiger partial charge is 0.114 e. The Morgan fingerprint density at radius 3 is 2.29 bits per heavy atom. The molecule has 0 radical (unpaired) electrons. The van der Waals surface area contributed by atoms with E-state index in [4.69, 9.17) is 4.98 Å². The first-order chi connectivity index (χ1) is 7.78. The van der Waals surface area contributed by atoms with Gasteiger partial charge in [0.2, 0.25) is 0 Å². The summed E-state index contributed by atoms with van der Waals surface area (Å²) in [5, 5.41) is 5.03. The quantitative estimate of drug-likeness (QED) is 0.882. The van der Waals surface area contributed by atoms with E-state index in [2.05, 4.69) is 46.9 Å². The van der Waals surface area contributed by atoms with E-state index in [1.165, 1.54) is 28.4 Å². The van der Waals surface area contributed by atoms with Crippen LogP contribution in [0.2, 0.25) is 0 Å². The molecule has 2 nitrogen and oxygen atoms in total. The van der Waals surface area contributed by atoms with E-state index in [-0.39, 0.29) is 5.54 Å². The van der Waals surface area contributed by atoms with E-state index in [0.29, 0.717) is 11.5 Å². The van der Waals surface area contributed by atoms with Crippen LogP contribution in [0.25, 0.3) is 0 Å². The van der Waals surface area contributed by atoms with Crippen molar-refractivity contribution in [3.8, 4) is 0 Å². The molecule has 0 saturated heterocycles. The van der Waals surface area contributed by atoms with Crippen LogP contribution in [0.15, 0.2) is 0 Å². The van der Waals surface area contributed by atoms with Gasteiger partial charge in [0.05, 0.1) is 11.2 Å². The maximum Gasteiger partial charge on any atom is 0.114 e. The summed E-state index contributed by atoms with van der Waals surface area (Å²) in [6.07, 6.45) is 2.61. The van der Waals surface area contributed by atoms with Crippen LogP contribution in [0.4, 0.5) is 0 Å². The standard InChI is InChI=1S/C14H24N2S/c1-9(2)16-14(6,13(5)7-8-13)12-15-10(3)11(4)17-12/h9,16H,7-8H2,1-6H3. The first-order valence-corrected chi connectivity index (χ1v) is 7.32. The predicted octanol–water partition coefficient (Wildman–Crippen LogP) is 3.77. The van der Waals surface area contributed by atoms with Crippen molar-refractivity contribution in [2.24, 2.45) is 5.41 Å². The van der Waals surface area contributed by atoms with Gasteiger partial charge in [-0.2, -0.15) is 0 Å². The molecule has 0 aliphatic heterocycles. The second-order valence-electron chi connectivity index (χ2n) is 6.15. The van der Waals surface area contributed by atoms with Gasteiger partial charge in [-0.25, -0.2) is 4.98 Å². The fourth-order valence-corrected chi connectivity index (χ4v) is 3.62. The van der Waals surface area contributed by atoms with Gasteiger partial charge >= 0.3 is 0 Å². The molecule has 1 atom stereocenters. The molecule has 0 spiro atoms. The number of aromatic nitrogens is 1. The summed E-state index contributed by atoms with van der Waals surface area (Å²) in [5.74, 6) is 0. The third-order valence-electron chi connectivity index (χ3n) is 4.24. The Morgan fingerprint density at radius 2 is 1.94 bits per heavy atom. The van der Waals surface area contributed by atoms with E-state index in [9.17, 15) is 0 Å². The molecule has 1 aliphatic carbocycles. The molecule has 0 aromatic carbocycles. The van der Waals surface area contributed by atoms with Gasteiger partial charge in [-0.1, -0.05) is 6.92 Å². The number of aryl methyl sites for hydroxylation is 2. The predicted molar refractivity (Wildman–Crippen MR) is 74.6 cm³/mol. The molecule has 1 heterocycles. The molecule has 1 aromatic heterocycles. The molecule has 1 aliphatic rings. The fraction of sp³-hybridized carbons (Fsp3) is 0.786. The van der Waals surface area contributed by atoms with E-state index < -0.39 is 0 Å². The third-order valence-corrected chi connectivity index (χ3v) is 5.54. The highest BCUT2D eigenvalue weighted by Gasteiger charge is 2.55. The monoisotopic (exact) mass is 252 g/mol. The van der Waals surface area contributed by atoms with Crippen molar-refractivity contribution in [1.29, 1.82) is 0 Å². The summed E-state index contributed by atoms with van der Waals surface area (Å²) in [5.41, 5.74) is 1.60. The summed E-state index contributed by atoms with van der Waals surface area (Å²) in [7, 11) is 0. The Bertz CT molecular complexity index is 398. The number of nitrogens with zero attached hydrogens (tertiary/aromatic N) is 1. The van der Waals surface area contributed by atoms with Gasteiger partial charge in [0.15, 0.2) is 0 Å². The molecule has 2 rings (SSSR count). The lowest BCUT2D eigenvalue weighted by atomic mass is 9.83. The zero-order valence-corrected chi connectivity index (χ0v) is 12.7. The largest absolute Gasteiger partial charge is 0.303 e. The number of nitrogens with one attached hydrogen (secondary N) is 1. The summed E-state index contributed by atoms with van der Waals surface area (Å²) in [4.78, 5) is 6.15. The number of rotatable bonds is 4. The number of hydrogen-bond acceptors (Lipinski definition) is 3. The van der Waals surface area contributed by atoms with Crippen molar-refractivity contribution in [3.05, 3.63) is 15.6 Å². The van der Waals surface area contributed by atoms with Crippen LogP contribution in [0, 0.1) is 19.3 Å². The van der Waals surface area contributed by atoms with Gasteiger partial charge < -0.3 is 5.32 Å². The zero-order chi connectivity index (χ0) is 12.8. The van der Waals surface area contributed by atoms with E-state index >= 15 is 0 Å². The lowest BCUT2D eigenvalue weighted by Gasteiger charge is -2.37. The molecule has 1 N–H and O–H groups in total. The van der Waals surface area contributed by atoms with Crippen LogP contribution >= 0.6 is 11.3 Å². The number of thiazole rings is 1. The molecule has 0 amide bonds. The summed E-state index contributed by atoms with van der Waals surface area (Å²) in [6, 6.07) is 0.488. The molecule has 3 heteroatoms. The van der Waals surface area contributed by atoms with Gasteiger partial charge in [-0.3, -0.25) is 0 Å². The van der Waals surface area contributed by atoms with E-state index in [1.807, 2.05) is 11.3 Å². The Morgan fingerprint density at radius 1 is 1.35 bits per heavy atom. The fourth-order valence-electron chi connectivity index (χ4n) is 2.45. The van der Waals surface area contributed by atoms with Crippen LogP contribution in [0.1, 0.15) is 56.1 Å². The van der Waals surface area contributed by atoms with Crippen molar-refractivity contribution >= 4 is 11.3 Å². The third kappa shape index (κ3) is 2.15. The summed E-state index contributed by atoms with van der Waals surface area (Å²) in [6.45, 7) is 13.4. The lowest BCUT2D eigenvalue weighted by Crippen LogP contribution is -2.49. The Labute approximate surface area is 109 Å². The lowest BCUT2D eigenvalue weighted by molar-refractivity contribution is 0.208. The summed E-state index contributed by atoms with van der Waals surface area (Å²) >= 11 is 1.86. The average Bonchev–Trinajstić information content (AvgIpc) is 2.87. The molecule has 0 bridgehead atoms. The van der Waals surface area contributed by atoms with Crippen LogP contribution in [0.5, 0.6) is 0 Å². The first kappa shape index (κ1) is 13.0. The van der Waals surface area contributed by atoms with Crippen LogP contribution in [-0.2, 0) is 5.54 Å². The molecular formula is C14H24N2S. The number of hydrogen-bond donors (Lipinski definition) is 1. The maximum absolute atomic E-state index is 4.80. The van der Waals surface area contributed by atoms with Crippen LogP contribution in [0.3, 0.4) is 0 Å². The molecule has 1 fully saturated rings. The van der Waals surface area contributed by atoms with Crippen LogP contribution in [-0.4, -0.2) is 11.0 Å². The second kappa shape index (κ2) is 4.06. The molecule has 1 saturated carbocycles. The van der Waals surface area contributed by atoms with Gasteiger partial charge in [-0.15, -0.1) is 11.3 Å². The normalized spacial score (nSPS) is 21.6. The van der Waals surface area contributed by atoms with Gasteiger partial charge in [-0.05, 0) is 52.9 Å². The van der Waals surface area contributed by atoms with Crippen molar-refractivity contribution < 1.29 is 0 Å². The van der Waals surface area contributed by atoms with E-state index in [0.717, 1.165) is 0 Å². The zero-order valence-electron chi connectivity index (χ0n) is 11.8. The first-order valence-electron chi connectivity index (χ1n) is 6.51. The van der Waals surface area contributed by atoms with E-state index in [1.54, 1.807) is 0 Å². The van der Waals surface area contributed by atoms with Gasteiger partial charge in [0.1, 0.15) is 5.01 Å². The van der Waals surface area contributed by atoms with Gasteiger partial charge in [0, 0.05) is 10.9 Å². The molecule has 17 heavy (non-hydrogen) atoms. The average molecular weight is 252 g/mol. The maximum atomic E-state index is 4.80. The topological polar surface area (TPSA) is 24.9 Å². The van der Waals surface area contributed by atoms with Gasteiger partial charge in [0.25, 0.3) is 0 Å². The van der Waals surface area contributed by atoms with Crippen molar-refractivity contribution in [1.82, 2.24) is 10.3 Å². The summed E-state index contributed by atoms with van der Waals surface area (Å²) < 4.78 is 0. The Hall–Kier alpha value is -0.410. The van der Waals surface area contributed by atoms with Crippen molar-refractivity contribution in [2.45, 2.75) is 66.0 Å². The minimum atomic E-state index is 0.0326. The SMILES string of the molecule is Cc1nc(C(C)(NC(C)C)C2(C)CC2)sc1C. The minimum absolute atomic E-state index is 0.0326. The Balaban J connectivity index is 2.40. The highest BCUT2D eigenvalue weighted by atomic mass is 32.1. The molecular weight excluding hydrogens is 228 g/mol. The molecule has 1 aromatic rings. The molecule has 96 valence electrons. The van der Waals surface area contributed by atoms with Crippen molar-refractivity contribution in [3.63, 3.8) is 0 Å². The van der Waals surface area contributed by atoms with Crippen molar-refractivity contribution in [2.75, 3.05) is 0 Å². The molecule has 1 unspecified atom stereocenters.